The number of hydrogen-bond acceptors (Lipinski definition) is 4. The van der Waals surface area contributed by atoms with Crippen molar-refractivity contribution in [2.24, 2.45) is 0 Å². The van der Waals surface area contributed by atoms with Gasteiger partial charge in [0.15, 0.2) is 5.43 Å². The molecule has 2 aromatic heterocycles. The number of hydrogen-bond donors (Lipinski definition) is 1. The van der Waals surface area contributed by atoms with E-state index < -0.39 is 18.6 Å². The van der Waals surface area contributed by atoms with Gasteiger partial charge >= 0.3 is 0 Å². The monoisotopic (exact) mass is 372 g/mol. The zero-order chi connectivity index (χ0) is 18.3. The zero-order valence-electron chi connectivity index (χ0n) is 13.5. The molecule has 1 N–H and O–H groups in total. The summed E-state index contributed by atoms with van der Waals surface area (Å²) in [6.45, 7) is -0.959. The number of thiazole rings is 1. The van der Waals surface area contributed by atoms with E-state index in [-0.39, 0.29) is 17.4 Å². The van der Waals surface area contributed by atoms with Crippen LogP contribution in [0.25, 0.3) is 32.4 Å². The first-order valence-corrected chi connectivity index (χ1v) is 8.86. The minimum Gasteiger partial charge on any atom is -0.389 e. The van der Waals surface area contributed by atoms with Gasteiger partial charge in [-0.1, -0.05) is 6.07 Å². The van der Waals surface area contributed by atoms with Gasteiger partial charge in [0.1, 0.15) is 23.6 Å². The van der Waals surface area contributed by atoms with Gasteiger partial charge in [0.2, 0.25) is 0 Å². The summed E-state index contributed by atoms with van der Waals surface area (Å²) in [5.74, 6) is -0.522. The van der Waals surface area contributed by atoms with E-state index in [1.165, 1.54) is 29.5 Å². The van der Waals surface area contributed by atoms with Crippen LogP contribution < -0.4 is 5.43 Å². The maximum Gasteiger partial charge on any atom is 0.197 e. The maximum absolute atomic E-state index is 13.7. The highest BCUT2D eigenvalue weighted by Crippen LogP contribution is 2.27. The summed E-state index contributed by atoms with van der Waals surface area (Å²) < 4.78 is 28.2. The average molecular weight is 372 g/mol. The number of aliphatic hydroxyl groups is 1. The van der Waals surface area contributed by atoms with Crippen molar-refractivity contribution in [2.45, 2.75) is 12.6 Å². The molecule has 2 aromatic carbocycles. The Labute approximate surface area is 151 Å². The van der Waals surface area contributed by atoms with Gasteiger partial charge < -0.3 is 9.67 Å². The van der Waals surface area contributed by atoms with Crippen molar-refractivity contribution >= 4 is 33.1 Å². The molecule has 0 aliphatic heterocycles. The molecule has 132 valence electrons. The van der Waals surface area contributed by atoms with Crippen LogP contribution in [0.2, 0.25) is 0 Å². The fraction of sp³-hybridized carbons (Fsp3) is 0.158. The van der Waals surface area contributed by atoms with Gasteiger partial charge in [0.25, 0.3) is 0 Å². The van der Waals surface area contributed by atoms with Crippen molar-refractivity contribution in [2.75, 3.05) is 6.67 Å². The summed E-state index contributed by atoms with van der Waals surface area (Å²) in [6.07, 6.45) is 0.463. The van der Waals surface area contributed by atoms with Crippen molar-refractivity contribution in [1.82, 2.24) is 9.55 Å². The SMILES string of the molecule is O=c1c2cc(F)ccc2n(CC(O)CF)c2cc(-c3nccs3)ccc12. The summed E-state index contributed by atoms with van der Waals surface area (Å²) in [4.78, 5) is 17.1. The lowest BCUT2D eigenvalue weighted by molar-refractivity contribution is 0.124. The predicted molar refractivity (Wildman–Crippen MR) is 98.8 cm³/mol. The summed E-state index contributed by atoms with van der Waals surface area (Å²) in [5.41, 5.74) is 1.52. The lowest BCUT2D eigenvalue weighted by Gasteiger charge is -2.17. The third-order valence-electron chi connectivity index (χ3n) is 4.28. The van der Waals surface area contributed by atoms with Crippen LogP contribution in [0.15, 0.2) is 52.8 Å². The molecule has 0 aliphatic carbocycles. The number of aliphatic hydroxyl groups excluding tert-OH is 1. The molecule has 0 saturated heterocycles. The summed E-state index contributed by atoms with van der Waals surface area (Å²) in [5, 5.41) is 13.1. The van der Waals surface area contributed by atoms with Crippen LogP contribution in [0.5, 0.6) is 0 Å². The smallest absolute Gasteiger partial charge is 0.197 e. The van der Waals surface area contributed by atoms with E-state index in [1.54, 1.807) is 29.0 Å². The molecule has 0 aliphatic rings. The van der Waals surface area contributed by atoms with Gasteiger partial charge in [-0.05, 0) is 30.3 Å². The molecule has 1 atom stereocenters. The molecular weight excluding hydrogens is 358 g/mol. The Morgan fingerprint density at radius 2 is 2.00 bits per heavy atom. The Morgan fingerprint density at radius 1 is 1.15 bits per heavy atom. The van der Waals surface area contributed by atoms with Crippen molar-refractivity contribution < 1.29 is 13.9 Å². The number of rotatable bonds is 4. The molecule has 0 bridgehead atoms. The topological polar surface area (TPSA) is 55.1 Å². The predicted octanol–water partition coefficient (Wildman–Crippen LogP) is 3.75. The van der Waals surface area contributed by atoms with E-state index in [1.807, 2.05) is 5.38 Å². The van der Waals surface area contributed by atoms with Crippen LogP contribution in [0.3, 0.4) is 0 Å². The number of fused-ring (bicyclic) bond motifs is 2. The third-order valence-corrected chi connectivity index (χ3v) is 5.10. The lowest BCUT2D eigenvalue weighted by atomic mass is 10.1. The molecule has 7 heteroatoms. The van der Waals surface area contributed by atoms with Crippen LogP contribution in [-0.2, 0) is 6.54 Å². The van der Waals surface area contributed by atoms with E-state index >= 15 is 0 Å². The Balaban J connectivity index is 2.09. The molecule has 1 unspecified atom stereocenters. The Bertz CT molecular complexity index is 1160. The van der Waals surface area contributed by atoms with E-state index in [0.29, 0.717) is 16.4 Å². The third kappa shape index (κ3) is 2.79. The van der Waals surface area contributed by atoms with Crippen LogP contribution >= 0.6 is 11.3 Å². The quantitative estimate of drug-likeness (QED) is 0.555. The first-order valence-electron chi connectivity index (χ1n) is 7.98. The van der Waals surface area contributed by atoms with Crippen molar-refractivity contribution in [3.8, 4) is 10.6 Å². The first kappa shape index (κ1) is 16.8. The Hall–Kier alpha value is -2.64. The highest BCUT2D eigenvalue weighted by Gasteiger charge is 2.15. The van der Waals surface area contributed by atoms with Gasteiger partial charge in [0, 0.05) is 27.9 Å². The van der Waals surface area contributed by atoms with E-state index in [4.69, 9.17) is 0 Å². The molecule has 0 fully saturated rings. The second-order valence-corrected chi connectivity index (χ2v) is 6.87. The second kappa shape index (κ2) is 6.59. The van der Waals surface area contributed by atoms with Gasteiger partial charge in [-0.3, -0.25) is 4.79 Å². The molecular formula is C19H14F2N2O2S. The molecule has 0 spiro atoms. The van der Waals surface area contributed by atoms with E-state index in [0.717, 1.165) is 10.6 Å². The summed E-state index contributed by atoms with van der Waals surface area (Å²) in [6, 6.07) is 9.14. The number of pyridine rings is 1. The average Bonchev–Trinajstić information content (AvgIpc) is 3.19. The minimum atomic E-state index is -1.22. The normalized spacial score (nSPS) is 12.7. The van der Waals surface area contributed by atoms with Crippen LogP contribution in [-0.4, -0.2) is 27.4 Å². The first-order chi connectivity index (χ1) is 12.6. The molecule has 4 rings (SSSR count). The molecule has 4 aromatic rings. The molecule has 0 saturated carbocycles. The Morgan fingerprint density at radius 3 is 2.73 bits per heavy atom. The van der Waals surface area contributed by atoms with Crippen LogP contribution in [0.1, 0.15) is 0 Å². The van der Waals surface area contributed by atoms with Crippen molar-refractivity contribution in [3.63, 3.8) is 0 Å². The molecule has 2 heterocycles. The summed E-state index contributed by atoms with van der Waals surface area (Å²) in [7, 11) is 0. The highest BCUT2D eigenvalue weighted by atomic mass is 32.1. The molecule has 0 radical (unpaired) electrons. The molecule has 4 nitrogen and oxygen atoms in total. The van der Waals surface area contributed by atoms with E-state index in [9.17, 15) is 18.7 Å². The van der Waals surface area contributed by atoms with Crippen molar-refractivity contribution in [3.05, 3.63) is 64.0 Å². The number of benzene rings is 2. The van der Waals surface area contributed by atoms with Gasteiger partial charge in [0.05, 0.1) is 17.6 Å². The largest absolute Gasteiger partial charge is 0.389 e. The van der Waals surface area contributed by atoms with Crippen molar-refractivity contribution in [1.29, 1.82) is 0 Å². The molecule has 0 amide bonds. The Kier molecular flexibility index (Phi) is 4.26. The minimum absolute atomic E-state index is 0.0449. The van der Waals surface area contributed by atoms with Crippen LogP contribution in [0.4, 0.5) is 8.78 Å². The van der Waals surface area contributed by atoms with Crippen LogP contribution in [0, 0.1) is 5.82 Å². The number of aromatic nitrogens is 2. The molecule has 26 heavy (non-hydrogen) atoms. The number of alkyl halides is 1. The maximum atomic E-state index is 13.7. The summed E-state index contributed by atoms with van der Waals surface area (Å²) >= 11 is 1.46. The number of nitrogens with zero attached hydrogens (tertiary/aromatic N) is 2. The highest BCUT2D eigenvalue weighted by molar-refractivity contribution is 7.13. The second-order valence-electron chi connectivity index (χ2n) is 5.98. The standard InChI is InChI=1S/C19H14F2N2O2S/c20-9-13(24)10-23-16-4-2-12(21)8-15(16)18(25)14-3-1-11(7-17(14)23)19-22-5-6-26-19/h1-8,13,24H,9-10H2. The van der Waals surface area contributed by atoms with Gasteiger partial charge in [-0.25, -0.2) is 13.8 Å². The van der Waals surface area contributed by atoms with Gasteiger partial charge in [-0.15, -0.1) is 11.3 Å². The lowest BCUT2D eigenvalue weighted by Crippen LogP contribution is -2.21. The zero-order valence-corrected chi connectivity index (χ0v) is 14.3. The number of halogens is 2. The van der Waals surface area contributed by atoms with Gasteiger partial charge in [-0.2, -0.15) is 0 Å². The van der Waals surface area contributed by atoms with E-state index in [2.05, 4.69) is 4.98 Å². The fourth-order valence-electron chi connectivity index (χ4n) is 3.10. The fourth-order valence-corrected chi connectivity index (χ4v) is 3.74.